The molecule has 1 aliphatic heterocycles. The van der Waals surface area contributed by atoms with Gasteiger partial charge in [-0.3, -0.25) is 0 Å². The topological polar surface area (TPSA) is 74.7 Å². The molecule has 0 spiro atoms. The van der Waals surface area contributed by atoms with Crippen LogP contribution in [0.15, 0.2) is 58.9 Å². The van der Waals surface area contributed by atoms with Gasteiger partial charge < -0.3 is 19.5 Å². The second-order valence-corrected chi connectivity index (χ2v) is 8.40. The van der Waals surface area contributed by atoms with E-state index in [4.69, 9.17) is 14.8 Å². The minimum absolute atomic E-state index is 0.190. The number of nitrogens with zero attached hydrogens (tertiary/aromatic N) is 2. The fraction of sp³-hybridized carbons (Fsp3) is 0.238. The number of thiazole rings is 1. The zero-order chi connectivity index (χ0) is 20.2. The summed E-state index contributed by atoms with van der Waals surface area (Å²) in [6, 6.07) is 15.4. The number of benzene rings is 2. The summed E-state index contributed by atoms with van der Waals surface area (Å²) in [7, 11) is 1.52. The van der Waals surface area contributed by atoms with Crippen LogP contribution in [0.4, 0.5) is 10.8 Å². The fourth-order valence-electron chi connectivity index (χ4n) is 3.39. The largest absolute Gasteiger partial charge is 0.495 e. The van der Waals surface area contributed by atoms with Gasteiger partial charge in [-0.25, -0.2) is 9.78 Å². The van der Waals surface area contributed by atoms with Gasteiger partial charge in [0.25, 0.3) is 0 Å². The van der Waals surface area contributed by atoms with Crippen LogP contribution >= 0.6 is 23.3 Å². The molecule has 1 saturated heterocycles. The van der Waals surface area contributed by atoms with E-state index < -0.39 is 5.97 Å². The minimum atomic E-state index is -0.980. The van der Waals surface area contributed by atoms with Crippen molar-refractivity contribution < 1.29 is 14.6 Å². The Kier molecular flexibility index (Phi) is 5.92. The number of aromatic nitrogens is 1. The lowest BCUT2D eigenvalue weighted by Gasteiger charge is -2.15. The molecule has 0 aliphatic carbocycles. The van der Waals surface area contributed by atoms with Gasteiger partial charge in [-0.2, -0.15) is 0 Å². The summed E-state index contributed by atoms with van der Waals surface area (Å²) in [5.41, 5.74) is 2.29. The van der Waals surface area contributed by atoms with Gasteiger partial charge in [-0.1, -0.05) is 30.3 Å². The first kappa shape index (κ1) is 19.6. The van der Waals surface area contributed by atoms with E-state index in [-0.39, 0.29) is 5.56 Å². The van der Waals surface area contributed by atoms with Crippen molar-refractivity contribution in [2.24, 2.45) is 0 Å². The van der Waals surface area contributed by atoms with Crippen LogP contribution in [0.2, 0.25) is 0 Å². The highest BCUT2D eigenvalue weighted by Crippen LogP contribution is 2.35. The van der Waals surface area contributed by atoms with Crippen molar-refractivity contribution in [2.45, 2.75) is 17.4 Å². The molecular weight excluding hydrogens is 406 g/mol. The van der Waals surface area contributed by atoms with E-state index in [9.17, 15) is 4.79 Å². The highest BCUT2D eigenvalue weighted by molar-refractivity contribution is 8.00. The SMILES string of the molecule is COc1cc(C(=O)O)ccc1NSc1csc(N2CCC(c3ccccc3)C2)n1. The third kappa shape index (κ3) is 4.49. The Labute approximate surface area is 177 Å². The molecule has 0 amide bonds. The Morgan fingerprint density at radius 3 is 2.90 bits per heavy atom. The Balaban J connectivity index is 1.38. The first-order chi connectivity index (χ1) is 14.1. The maximum absolute atomic E-state index is 11.1. The van der Waals surface area contributed by atoms with Crippen LogP contribution in [0.25, 0.3) is 0 Å². The molecule has 1 unspecified atom stereocenters. The molecule has 3 aromatic rings. The molecule has 6 nitrogen and oxygen atoms in total. The van der Waals surface area contributed by atoms with E-state index in [1.807, 2.05) is 5.38 Å². The Bertz CT molecular complexity index is 994. The Morgan fingerprint density at radius 1 is 1.31 bits per heavy atom. The lowest BCUT2D eigenvalue weighted by molar-refractivity contribution is 0.0696. The van der Waals surface area contributed by atoms with Crippen LogP contribution < -0.4 is 14.4 Å². The van der Waals surface area contributed by atoms with E-state index in [0.717, 1.165) is 29.7 Å². The van der Waals surface area contributed by atoms with Crippen molar-refractivity contribution in [1.82, 2.24) is 4.98 Å². The van der Waals surface area contributed by atoms with Crippen molar-refractivity contribution >= 4 is 40.1 Å². The van der Waals surface area contributed by atoms with E-state index in [1.165, 1.54) is 30.7 Å². The van der Waals surface area contributed by atoms with Gasteiger partial charge in [0.2, 0.25) is 0 Å². The summed E-state index contributed by atoms with van der Waals surface area (Å²) in [6.45, 7) is 1.99. The number of methoxy groups -OCH3 is 1. The molecule has 0 bridgehead atoms. The molecule has 29 heavy (non-hydrogen) atoms. The van der Waals surface area contributed by atoms with Crippen LogP contribution in [-0.2, 0) is 0 Å². The summed E-state index contributed by atoms with van der Waals surface area (Å²) in [5.74, 6) is 0.0514. The highest BCUT2D eigenvalue weighted by atomic mass is 32.2. The summed E-state index contributed by atoms with van der Waals surface area (Å²) in [5, 5.41) is 13.0. The van der Waals surface area contributed by atoms with Crippen molar-refractivity contribution in [2.75, 3.05) is 29.8 Å². The highest BCUT2D eigenvalue weighted by Gasteiger charge is 2.25. The number of rotatable bonds is 7. The van der Waals surface area contributed by atoms with E-state index >= 15 is 0 Å². The second-order valence-electron chi connectivity index (χ2n) is 6.73. The van der Waals surface area contributed by atoms with Crippen LogP contribution in [0, 0.1) is 0 Å². The van der Waals surface area contributed by atoms with Crippen molar-refractivity contribution in [3.63, 3.8) is 0 Å². The lowest BCUT2D eigenvalue weighted by Crippen LogP contribution is -2.18. The summed E-state index contributed by atoms with van der Waals surface area (Å²) < 4.78 is 8.51. The van der Waals surface area contributed by atoms with Crippen LogP contribution in [0.5, 0.6) is 5.75 Å². The molecule has 1 aliphatic rings. The number of carboxylic acid groups (broad SMARTS) is 1. The Morgan fingerprint density at radius 2 is 2.14 bits per heavy atom. The first-order valence-corrected chi connectivity index (χ1v) is 10.9. The number of hydrogen-bond donors (Lipinski definition) is 2. The third-order valence-electron chi connectivity index (χ3n) is 4.91. The number of hydrogen-bond acceptors (Lipinski definition) is 7. The molecule has 1 fully saturated rings. The van der Waals surface area contributed by atoms with Gasteiger partial charge in [0.05, 0.1) is 18.4 Å². The molecule has 150 valence electrons. The predicted octanol–water partition coefficient (Wildman–Crippen LogP) is 4.96. The zero-order valence-corrected chi connectivity index (χ0v) is 17.5. The van der Waals surface area contributed by atoms with Crippen LogP contribution in [-0.4, -0.2) is 36.3 Å². The zero-order valence-electron chi connectivity index (χ0n) is 15.9. The van der Waals surface area contributed by atoms with Gasteiger partial charge >= 0.3 is 5.97 Å². The molecule has 1 aromatic heterocycles. The maximum atomic E-state index is 11.1. The van der Waals surface area contributed by atoms with Gasteiger partial charge in [-0.15, -0.1) is 11.3 Å². The Hall–Kier alpha value is -2.71. The molecule has 8 heteroatoms. The molecular formula is C21H21N3O3S2. The van der Waals surface area contributed by atoms with Crippen molar-refractivity contribution in [3.05, 3.63) is 65.0 Å². The van der Waals surface area contributed by atoms with Crippen molar-refractivity contribution in [3.8, 4) is 5.75 Å². The van der Waals surface area contributed by atoms with E-state index in [1.54, 1.807) is 23.5 Å². The second kappa shape index (κ2) is 8.75. The van der Waals surface area contributed by atoms with Crippen LogP contribution in [0.3, 0.4) is 0 Å². The van der Waals surface area contributed by atoms with Gasteiger partial charge in [0.15, 0.2) is 5.13 Å². The molecule has 2 N–H and O–H groups in total. The average Bonchev–Trinajstić information content (AvgIpc) is 3.42. The standard InChI is InChI=1S/C21H21N3O3S2/c1-27-18-11-15(20(25)26)7-8-17(18)23-29-19-13-28-21(22-19)24-10-9-16(12-24)14-5-3-2-4-6-14/h2-8,11,13,16,23H,9-10,12H2,1H3,(H,25,26). The first-order valence-electron chi connectivity index (χ1n) is 9.23. The number of nitrogens with one attached hydrogen (secondary N) is 1. The normalized spacial score (nSPS) is 16.0. The number of carbonyl (C=O) groups is 1. The monoisotopic (exact) mass is 427 g/mol. The maximum Gasteiger partial charge on any atom is 0.335 e. The summed E-state index contributed by atoms with van der Waals surface area (Å²) in [6.07, 6.45) is 1.14. The van der Waals surface area contributed by atoms with Gasteiger partial charge in [0.1, 0.15) is 10.8 Å². The summed E-state index contributed by atoms with van der Waals surface area (Å²) >= 11 is 3.03. The molecule has 1 atom stereocenters. The fourth-order valence-corrected chi connectivity index (χ4v) is 5.02. The number of anilines is 2. The molecule has 2 aromatic carbocycles. The van der Waals surface area contributed by atoms with Crippen molar-refractivity contribution in [1.29, 1.82) is 0 Å². The average molecular weight is 428 g/mol. The number of ether oxygens (including phenoxy) is 1. The van der Waals surface area contributed by atoms with E-state index in [2.05, 4.69) is 40.0 Å². The molecule has 0 saturated carbocycles. The molecule has 4 rings (SSSR count). The third-order valence-corrected chi connectivity index (χ3v) is 6.71. The van der Waals surface area contributed by atoms with Gasteiger partial charge in [0, 0.05) is 36.3 Å². The predicted molar refractivity (Wildman–Crippen MR) is 118 cm³/mol. The number of carboxylic acids is 1. The quantitative estimate of drug-likeness (QED) is 0.516. The van der Waals surface area contributed by atoms with E-state index in [0.29, 0.717) is 17.4 Å². The molecule has 2 heterocycles. The number of aromatic carboxylic acids is 1. The lowest BCUT2D eigenvalue weighted by atomic mass is 9.99. The smallest absolute Gasteiger partial charge is 0.335 e. The van der Waals surface area contributed by atoms with Crippen LogP contribution in [0.1, 0.15) is 28.3 Å². The van der Waals surface area contributed by atoms with Gasteiger partial charge in [-0.05, 0) is 30.2 Å². The minimum Gasteiger partial charge on any atom is -0.495 e. The summed E-state index contributed by atoms with van der Waals surface area (Å²) in [4.78, 5) is 18.2. The molecule has 0 radical (unpaired) electrons.